The van der Waals surface area contributed by atoms with Gasteiger partial charge in [-0.2, -0.15) is 0 Å². The second-order valence-electron chi connectivity index (χ2n) is 4.74. The molecule has 0 aliphatic rings. The first-order valence-electron chi connectivity index (χ1n) is 6.41. The van der Waals surface area contributed by atoms with Gasteiger partial charge in [0.15, 0.2) is 0 Å². The molecule has 0 radical (unpaired) electrons. The summed E-state index contributed by atoms with van der Waals surface area (Å²) in [7, 11) is 3.36. The predicted molar refractivity (Wildman–Crippen MR) is 83.5 cm³/mol. The Morgan fingerprint density at radius 3 is 2.50 bits per heavy atom. The number of halogens is 1. The molecule has 0 saturated carbocycles. The summed E-state index contributed by atoms with van der Waals surface area (Å²) < 4.78 is 14.2. The van der Waals surface area contributed by atoms with Crippen molar-refractivity contribution in [2.45, 2.75) is 13.3 Å². The maximum Gasteiger partial charge on any atom is 0.241 e. The summed E-state index contributed by atoms with van der Waals surface area (Å²) in [6, 6.07) is 4.59. The lowest BCUT2D eigenvalue weighted by atomic mass is 10.1. The monoisotopic (exact) mass is 297 g/mol. The number of thiocarbonyl (C=S) groups is 1. The summed E-state index contributed by atoms with van der Waals surface area (Å²) in [6.07, 6.45) is 0.817. The van der Waals surface area contributed by atoms with Crippen molar-refractivity contribution >= 4 is 28.8 Å². The average molecular weight is 297 g/mol. The Morgan fingerprint density at radius 1 is 1.40 bits per heavy atom. The molecule has 0 spiro atoms. The van der Waals surface area contributed by atoms with Crippen LogP contribution in [0.2, 0.25) is 0 Å². The molecule has 0 unspecified atom stereocenters. The number of anilines is 1. The molecule has 0 aromatic heterocycles. The number of benzene rings is 1. The molecule has 110 valence electrons. The number of carbonyl (C=O) groups excluding carboxylic acids is 1. The van der Waals surface area contributed by atoms with Gasteiger partial charge >= 0.3 is 0 Å². The molecule has 0 bridgehead atoms. The minimum Gasteiger partial charge on any atom is -0.389 e. The number of rotatable bonds is 6. The lowest BCUT2D eigenvalue weighted by Crippen LogP contribution is -2.37. The van der Waals surface area contributed by atoms with Gasteiger partial charge in [0, 0.05) is 26.2 Å². The van der Waals surface area contributed by atoms with E-state index in [0.29, 0.717) is 17.8 Å². The normalized spacial score (nSPS) is 10.2. The molecule has 1 aromatic carbocycles. The fraction of sp³-hybridized carbons (Fsp3) is 0.429. The molecule has 1 rings (SSSR count). The van der Waals surface area contributed by atoms with E-state index in [4.69, 9.17) is 18.0 Å². The van der Waals surface area contributed by atoms with Gasteiger partial charge in [0.1, 0.15) is 10.8 Å². The van der Waals surface area contributed by atoms with E-state index >= 15 is 0 Å². The molecule has 0 saturated heterocycles. The maximum atomic E-state index is 14.2. The van der Waals surface area contributed by atoms with Crippen LogP contribution in [0, 0.1) is 5.82 Å². The highest BCUT2D eigenvalue weighted by atomic mass is 32.1. The van der Waals surface area contributed by atoms with Crippen molar-refractivity contribution in [1.82, 2.24) is 4.90 Å². The van der Waals surface area contributed by atoms with Crippen LogP contribution in [0.1, 0.15) is 18.9 Å². The average Bonchev–Trinajstić information content (AvgIpc) is 2.37. The molecule has 0 atom stereocenters. The van der Waals surface area contributed by atoms with Crippen LogP contribution < -0.4 is 10.6 Å². The Balaban J connectivity index is 3.02. The molecule has 1 aromatic rings. The molecule has 0 aliphatic carbocycles. The van der Waals surface area contributed by atoms with Crippen LogP contribution >= 0.6 is 12.2 Å². The molecule has 0 heterocycles. The number of nitrogens with two attached hydrogens (primary N) is 1. The van der Waals surface area contributed by atoms with Gasteiger partial charge in [-0.05, 0) is 24.6 Å². The van der Waals surface area contributed by atoms with Crippen molar-refractivity contribution in [2.75, 3.05) is 32.1 Å². The first-order valence-corrected chi connectivity index (χ1v) is 6.82. The van der Waals surface area contributed by atoms with E-state index in [1.807, 2.05) is 6.92 Å². The van der Waals surface area contributed by atoms with E-state index in [1.54, 1.807) is 31.1 Å². The van der Waals surface area contributed by atoms with Crippen molar-refractivity contribution in [2.24, 2.45) is 5.73 Å². The molecule has 6 heteroatoms. The van der Waals surface area contributed by atoms with E-state index in [0.717, 1.165) is 6.42 Å². The highest BCUT2D eigenvalue weighted by Gasteiger charge is 2.16. The first kappa shape index (κ1) is 16.4. The largest absolute Gasteiger partial charge is 0.389 e. The van der Waals surface area contributed by atoms with Crippen LogP contribution in [0.5, 0.6) is 0 Å². The van der Waals surface area contributed by atoms with Crippen LogP contribution in [0.4, 0.5) is 10.1 Å². The number of hydrogen-bond acceptors (Lipinski definition) is 3. The smallest absolute Gasteiger partial charge is 0.241 e. The Morgan fingerprint density at radius 2 is 2.05 bits per heavy atom. The number of carbonyl (C=O) groups is 1. The van der Waals surface area contributed by atoms with Crippen LogP contribution in [0.3, 0.4) is 0 Å². The standard InChI is InChI=1S/C14H20FN3OS/c1-4-7-18(9-13(19)17(2)3)12-6-5-10(14(16)20)8-11(12)15/h5-6,8H,4,7,9H2,1-3H3,(H2,16,20). The van der Waals surface area contributed by atoms with Gasteiger partial charge < -0.3 is 15.5 Å². The van der Waals surface area contributed by atoms with Crippen molar-refractivity contribution in [3.63, 3.8) is 0 Å². The zero-order valence-electron chi connectivity index (χ0n) is 12.0. The number of nitrogens with zero attached hydrogens (tertiary/aromatic N) is 2. The van der Waals surface area contributed by atoms with Crippen LogP contribution in [-0.2, 0) is 4.79 Å². The fourth-order valence-electron chi connectivity index (χ4n) is 1.78. The molecule has 20 heavy (non-hydrogen) atoms. The lowest BCUT2D eigenvalue weighted by Gasteiger charge is -2.26. The van der Waals surface area contributed by atoms with Gasteiger partial charge in [-0.1, -0.05) is 19.1 Å². The van der Waals surface area contributed by atoms with E-state index < -0.39 is 5.82 Å². The SMILES string of the molecule is CCCN(CC(=O)N(C)C)c1ccc(C(N)=S)cc1F. The summed E-state index contributed by atoms with van der Waals surface area (Å²) in [5, 5.41) is 0. The third kappa shape index (κ3) is 4.16. The lowest BCUT2D eigenvalue weighted by molar-refractivity contribution is -0.127. The Bertz CT molecular complexity index is 505. The summed E-state index contributed by atoms with van der Waals surface area (Å²) in [5.41, 5.74) is 6.35. The van der Waals surface area contributed by atoms with E-state index in [2.05, 4.69) is 0 Å². The summed E-state index contributed by atoms with van der Waals surface area (Å²) in [6.45, 7) is 2.72. The third-order valence-electron chi connectivity index (χ3n) is 2.89. The number of likely N-dealkylation sites (N-methyl/N-ethyl adjacent to an activating group) is 1. The Kier molecular flexibility index (Phi) is 5.88. The number of hydrogen-bond donors (Lipinski definition) is 1. The summed E-state index contributed by atoms with van der Waals surface area (Å²) >= 11 is 4.82. The minimum absolute atomic E-state index is 0.0729. The van der Waals surface area contributed by atoms with Gasteiger partial charge in [0.05, 0.1) is 12.2 Å². The summed E-state index contributed by atoms with van der Waals surface area (Å²) in [4.78, 5) is 15.2. The maximum absolute atomic E-state index is 14.2. The third-order valence-corrected chi connectivity index (χ3v) is 3.13. The second kappa shape index (κ2) is 7.19. The molecule has 0 fully saturated rings. The summed E-state index contributed by atoms with van der Waals surface area (Å²) in [5.74, 6) is -0.494. The van der Waals surface area contributed by atoms with Crippen molar-refractivity contribution in [1.29, 1.82) is 0 Å². The van der Waals surface area contributed by atoms with Gasteiger partial charge in [0.2, 0.25) is 5.91 Å². The molecular weight excluding hydrogens is 277 g/mol. The minimum atomic E-state index is -0.421. The zero-order valence-corrected chi connectivity index (χ0v) is 12.8. The van der Waals surface area contributed by atoms with Crippen molar-refractivity contribution in [3.05, 3.63) is 29.6 Å². The topological polar surface area (TPSA) is 49.6 Å². The predicted octanol–water partition coefficient (Wildman–Crippen LogP) is 1.76. The second-order valence-corrected chi connectivity index (χ2v) is 5.18. The fourth-order valence-corrected chi connectivity index (χ4v) is 1.90. The Labute approximate surface area is 124 Å². The van der Waals surface area contributed by atoms with Gasteiger partial charge in [-0.3, -0.25) is 4.79 Å². The molecule has 4 nitrogen and oxygen atoms in total. The van der Waals surface area contributed by atoms with Crippen LogP contribution in [-0.4, -0.2) is 43.0 Å². The van der Waals surface area contributed by atoms with Crippen molar-refractivity contribution < 1.29 is 9.18 Å². The van der Waals surface area contributed by atoms with E-state index in [-0.39, 0.29) is 17.4 Å². The van der Waals surface area contributed by atoms with Gasteiger partial charge in [0.25, 0.3) is 0 Å². The van der Waals surface area contributed by atoms with E-state index in [9.17, 15) is 9.18 Å². The number of amides is 1. The van der Waals surface area contributed by atoms with Crippen molar-refractivity contribution in [3.8, 4) is 0 Å². The Hall–Kier alpha value is -1.69. The highest BCUT2D eigenvalue weighted by Crippen LogP contribution is 2.21. The molecule has 1 amide bonds. The first-order chi connectivity index (χ1) is 9.36. The highest BCUT2D eigenvalue weighted by molar-refractivity contribution is 7.80. The molecule has 0 aliphatic heterocycles. The zero-order chi connectivity index (χ0) is 15.3. The molecule has 2 N–H and O–H groups in total. The van der Waals surface area contributed by atoms with Gasteiger partial charge in [-0.25, -0.2) is 4.39 Å². The van der Waals surface area contributed by atoms with Crippen LogP contribution in [0.15, 0.2) is 18.2 Å². The quantitative estimate of drug-likeness (QED) is 0.813. The van der Waals surface area contributed by atoms with E-state index in [1.165, 1.54) is 11.0 Å². The van der Waals surface area contributed by atoms with Gasteiger partial charge in [-0.15, -0.1) is 0 Å². The molecular formula is C14H20FN3OS. The van der Waals surface area contributed by atoms with Crippen LogP contribution in [0.25, 0.3) is 0 Å².